The van der Waals surface area contributed by atoms with Gasteiger partial charge in [-0.05, 0) is 12.8 Å². The SMILES string of the molecule is CCCC[C@H](NC(=O)[C@@H]1C[C@@H](O)CN1)C(=O)O. The van der Waals surface area contributed by atoms with Crippen molar-refractivity contribution in [1.29, 1.82) is 0 Å². The molecule has 1 fully saturated rings. The number of aliphatic hydroxyl groups excluding tert-OH is 1. The predicted molar refractivity (Wildman–Crippen MR) is 61.5 cm³/mol. The Morgan fingerprint density at radius 1 is 1.53 bits per heavy atom. The van der Waals surface area contributed by atoms with E-state index in [9.17, 15) is 14.7 Å². The molecule has 98 valence electrons. The first kappa shape index (κ1) is 13.9. The van der Waals surface area contributed by atoms with Crippen molar-refractivity contribution in [2.24, 2.45) is 0 Å². The van der Waals surface area contributed by atoms with Gasteiger partial charge >= 0.3 is 5.97 Å². The topological polar surface area (TPSA) is 98.7 Å². The number of aliphatic carboxylic acids is 1. The molecule has 0 spiro atoms. The van der Waals surface area contributed by atoms with Gasteiger partial charge in [0.25, 0.3) is 0 Å². The van der Waals surface area contributed by atoms with Gasteiger partial charge in [-0.3, -0.25) is 4.79 Å². The number of carboxylic acids is 1. The molecule has 3 atom stereocenters. The monoisotopic (exact) mass is 244 g/mol. The first-order valence-electron chi connectivity index (χ1n) is 5.99. The van der Waals surface area contributed by atoms with Gasteiger partial charge in [0.05, 0.1) is 12.1 Å². The molecule has 1 aliphatic rings. The number of aliphatic hydroxyl groups is 1. The quantitative estimate of drug-likeness (QED) is 0.503. The summed E-state index contributed by atoms with van der Waals surface area (Å²) in [7, 11) is 0. The summed E-state index contributed by atoms with van der Waals surface area (Å²) < 4.78 is 0. The number of carbonyl (C=O) groups is 2. The third-order valence-electron chi connectivity index (χ3n) is 2.89. The second-order valence-corrected chi connectivity index (χ2v) is 4.39. The van der Waals surface area contributed by atoms with Crippen LogP contribution in [0.4, 0.5) is 0 Å². The van der Waals surface area contributed by atoms with Gasteiger partial charge in [0.2, 0.25) is 5.91 Å². The highest BCUT2D eigenvalue weighted by Gasteiger charge is 2.30. The molecule has 4 N–H and O–H groups in total. The van der Waals surface area contributed by atoms with E-state index in [2.05, 4.69) is 10.6 Å². The first-order valence-corrected chi connectivity index (χ1v) is 5.99. The molecule has 0 aromatic carbocycles. The Morgan fingerprint density at radius 2 is 2.24 bits per heavy atom. The average molecular weight is 244 g/mol. The molecule has 0 aromatic heterocycles. The van der Waals surface area contributed by atoms with Crippen LogP contribution in [0.15, 0.2) is 0 Å². The molecule has 6 heteroatoms. The number of carbonyl (C=O) groups excluding carboxylic acids is 1. The van der Waals surface area contributed by atoms with Gasteiger partial charge in [0, 0.05) is 6.54 Å². The lowest BCUT2D eigenvalue weighted by Crippen LogP contribution is -2.48. The van der Waals surface area contributed by atoms with Gasteiger partial charge in [-0.2, -0.15) is 0 Å². The molecule has 17 heavy (non-hydrogen) atoms. The van der Waals surface area contributed by atoms with Gasteiger partial charge < -0.3 is 20.8 Å². The minimum absolute atomic E-state index is 0.339. The molecule has 1 saturated heterocycles. The van der Waals surface area contributed by atoms with Crippen molar-refractivity contribution in [2.45, 2.75) is 50.8 Å². The van der Waals surface area contributed by atoms with Crippen LogP contribution in [0, 0.1) is 0 Å². The Bertz CT molecular complexity index is 283. The smallest absolute Gasteiger partial charge is 0.326 e. The maximum atomic E-state index is 11.7. The fraction of sp³-hybridized carbons (Fsp3) is 0.818. The third kappa shape index (κ3) is 4.32. The number of rotatable bonds is 6. The standard InChI is InChI=1S/C11H20N2O4/c1-2-3-4-8(11(16)17)13-10(15)9-5-7(14)6-12-9/h7-9,12,14H,2-6H2,1H3,(H,13,15)(H,16,17)/t7-,8+,9+/m1/s1. The highest BCUT2D eigenvalue weighted by Crippen LogP contribution is 2.08. The number of nitrogens with one attached hydrogen (secondary N) is 2. The zero-order chi connectivity index (χ0) is 12.8. The lowest BCUT2D eigenvalue weighted by atomic mass is 10.1. The summed E-state index contributed by atoms with van der Waals surface area (Å²) >= 11 is 0. The fourth-order valence-corrected chi connectivity index (χ4v) is 1.85. The van der Waals surface area contributed by atoms with E-state index in [-0.39, 0.29) is 5.91 Å². The Balaban J connectivity index is 2.43. The highest BCUT2D eigenvalue weighted by molar-refractivity contribution is 5.87. The minimum Gasteiger partial charge on any atom is -0.480 e. The summed E-state index contributed by atoms with van der Waals surface area (Å²) in [6, 6.07) is -1.31. The van der Waals surface area contributed by atoms with E-state index in [0.717, 1.165) is 12.8 Å². The maximum Gasteiger partial charge on any atom is 0.326 e. The lowest BCUT2D eigenvalue weighted by Gasteiger charge is -2.17. The van der Waals surface area contributed by atoms with Crippen LogP contribution in [-0.2, 0) is 9.59 Å². The van der Waals surface area contributed by atoms with E-state index in [1.54, 1.807) is 0 Å². The van der Waals surface area contributed by atoms with Crippen LogP contribution in [-0.4, -0.2) is 46.8 Å². The summed E-state index contributed by atoms with van der Waals surface area (Å²) in [5, 5.41) is 23.6. The molecular weight excluding hydrogens is 224 g/mol. The average Bonchev–Trinajstić information content (AvgIpc) is 2.70. The van der Waals surface area contributed by atoms with Crippen LogP contribution in [0.25, 0.3) is 0 Å². The second kappa shape index (κ2) is 6.56. The Kier molecular flexibility index (Phi) is 5.37. The van der Waals surface area contributed by atoms with Crippen molar-refractivity contribution in [3.8, 4) is 0 Å². The molecule has 6 nitrogen and oxygen atoms in total. The molecular formula is C11H20N2O4. The molecule has 0 radical (unpaired) electrons. The summed E-state index contributed by atoms with van der Waals surface area (Å²) in [6.07, 6.45) is 1.90. The molecule has 1 aliphatic heterocycles. The van der Waals surface area contributed by atoms with Gasteiger partial charge in [-0.15, -0.1) is 0 Å². The van der Waals surface area contributed by atoms with E-state index in [0.29, 0.717) is 19.4 Å². The number of hydrogen-bond donors (Lipinski definition) is 4. The molecule has 1 heterocycles. The van der Waals surface area contributed by atoms with Crippen molar-refractivity contribution in [1.82, 2.24) is 10.6 Å². The maximum absolute atomic E-state index is 11.7. The lowest BCUT2D eigenvalue weighted by molar-refractivity contribution is -0.142. The van der Waals surface area contributed by atoms with E-state index in [1.807, 2.05) is 6.92 Å². The molecule has 0 aromatic rings. The molecule has 1 amide bonds. The van der Waals surface area contributed by atoms with E-state index in [1.165, 1.54) is 0 Å². The van der Waals surface area contributed by atoms with Gasteiger partial charge in [0.15, 0.2) is 0 Å². The number of hydrogen-bond acceptors (Lipinski definition) is 4. The van der Waals surface area contributed by atoms with Crippen LogP contribution in [0.3, 0.4) is 0 Å². The molecule has 0 saturated carbocycles. The van der Waals surface area contributed by atoms with Crippen LogP contribution in [0.1, 0.15) is 32.6 Å². The van der Waals surface area contributed by atoms with E-state index >= 15 is 0 Å². The fourth-order valence-electron chi connectivity index (χ4n) is 1.85. The number of unbranched alkanes of at least 4 members (excludes halogenated alkanes) is 1. The molecule has 0 bridgehead atoms. The van der Waals surface area contributed by atoms with Crippen LogP contribution < -0.4 is 10.6 Å². The number of β-amino-alcohol motifs (C(OH)–C–C–N with tert-alkyl or cyclic N) is 1. The van der Waals surface area contributed by atoms with Gasteiger partial charge in [-0.1, -0.05) is 19.8 Å². The summed E-state index contributed by atoms with van der Waals surface area (Å²) in [4.78, 5) is 22.7. The normalized spacial score (nSPS) is 25.5. The Hall–Kier alpha value is -1.14. The summed E-state index contributed by atoms with van der Waals surface area (Å²) in [5.74, 6) is -1.35. The largest absolute Gasteiger partial charge is 0.480 e. The van der Waals surface area contributed by atoms with E-state index in [4.69, 9.17) is 5.11 Å². The third-order valence-corrected chi connectivity index (χ3v) is 2.89. The van der Waals surface area contributed by atoms with E-state index < -0.39 is 24.2 Å². The minimum atomic E-state index is -1.01. The number of amides is 1. The zero-order valence-electron chi connectivity index (χ0n) is 9.98. The zero-order valence-corrected chi connectivity index (χ0v) is 9.98. The van der Waals surface area contributed by atoms with Crippen molar-refractivity contribution in [3.63, 3.8) is 0 Å². The van der Waals surface area contributed by atoms with Crippen LogP contribution >= 0.6 is 0 Å². The Morgan fingerprint density at radius 3 is 2.71 bits per heavy atom. The van der Waals surface area contributed by atoms with Crippen molar-refractivity contribution in [3.05, 3.63) is 0 Å². The van der Waals surface area contributed by atoms with Crippen molar-refractivity contribution >= 4 is 11.9 Å². The van der Waals surface area contributed by atoms with Gasteiger partial charge in [-0.25, -0.2) is 4.79 Å². The van der Waals surface area contributed by atoms with Crippen molar-refractivity contribution < 1.29 is 19.8 Å². The summed E-state index contributed by atoms with van der Waals surface area (Å²) in [5.41, 5.74) is 0. The predicted octanol–water partition coefficient (Wildman–Crippen LogP) is -0.531. The molecule has 0 aliphatic carbocycles. The molecule has 0 unspecified atom stereocenters. The Labute approximate surface area is 100 Å². The van der Waals surface area contributed by atoms with Crippen LogP contribution in [0.5, 0.6) is 0 Å². The highest BCUT2D eigenvalue weighted by atomic mass is 16.4. The second-order valence-electron chi connectivity index (χ2n) is 4.39. The number of carboxylic acid groups (broad SMARTS) is 1. The summed E-state index contributed by atoms with van der Waals surface area (Å²) in [6.45, 7) is 2.35. The van der Waals surface area contributed by atoms with Gasteiger partial charge in [0.1, 0.15) is 6.04 Å². The molecule has 1 rings (SSSR count). The van der Waals surface area contributed by atoms with Crippen molar-refractivity contribution in [2.75, 3.05) is 6.54 Å². The van der Waals surface area contributed by atoms with Crippen LogP contribution in [0.2, 0.25) is 0 Å². The first-order chi connectivity index (χ1) is 8.04.